The SMILES string of the molecule is CCOC(=O)C(C(=O)OCC)c1ncc([NH2+][O-])cc1C(F)(F)F. The molecule has 1 aromatic heterocycles. The van der Waals surface area contributed by atoms with E-state index in [1.54, 1.807) is 0 Å². The van der Waals surface area contributed by atoms with E-state index in [1.165, 1.54) is 13.8 Å². The predicted molar refractivity (Wildman–Crippen MR) is 70.2 cm³/mol. The Bertz CT molecular complexity index is 559. The van der Waals surface area contributed by atoms with Gasteiger partial charge in [-0.15, -0.1) is 0 Å². The van der Waals surface area contributed by atoms with Gasteiger partial charge in [-0.25, -0.2) is 0 Å². The van der Waals surface area contributed by atoms with Crippen molar-refractivity contribution in [2.75, 3.05) is 13.2 Å². The van der Waals surface area contributed by atoms with Crippen LogP contribution in [0.2, 0.25) is 0 Å². The molecule has 0 atom stereocenters. The van der Waals surface area contributed by atoms with Gasteiger partial charge in [0.15, 0.2) is 5.92 Å². The number of quaternary nitrogens is 1. The normalized spacial score (nSPS) is 11.4. The lowest BCUT2D eigenvalue weighted by atomic mass is 9.99. The van der Waals surface area contributed by atoms with Gasteiger partial charge in [0.05, 0.1) is 30.7 Å². The zero-order valence-electron chi connectivity index (χ0n) is 12.3. The zero-order chi connectivity index (χ0) is 17.6. The Balaban J connectivity index is 3.45. The molecule has 0 amide bonds. The number of carbonyl (C=O) groups excluding carboxylic acids is 2. The van der Waals surface area contributed by atoms with E-state index in [2.05, 4.69) is 14.5 Å². The molecule has 128 valence electrons. The molecule has 10 heteroatoms. The summed E-state index contributed by atoms with van der Waals surface area (Å²) in [6, 6.07) is 0.515. The average molecular weight is 336 g/mol. The number of alkyl halides is 3. The minimum absolute atomic E-state index is 0.136. The molecule has 23 heavy (non-hydrogen) atoms. The Hall–Kier alpha value is -2.20. The van der Waals surface area contributed by atoms with Crippen LogP contribution >= 0.6 is 0 Å². The van der Waals surface area contributed by atoms with Gasteiger partial charge in [-0.05, 0) is 13.8 Å². The molecule has 0 spiro atoms. The molecule has 0 saturated heterocycles. The summed E-state index contributed by atoms with van der Waals surface area (Å²) in [5, 5.41) is 10.6. The Morgan fingerprint density at radius 3 is 2.17 bits per heavy atom. The Kier molecular flexibility index (Phi) is 6.46. The second-order valence-electron chi connectivity index (χ2n) is 4.25. The van der Waals surface area contributed by atoms with Gasteiger partial charge in [-0.3, -0.25) is 14.6 Å². The molecule has 0 saturated carbocycles. The average Bonchev–Trinajstić information content (AvgIpc) is 2.47. The molecule has 0 aromatic carbocycles. The molecule has 0 radical (unpaired) electrons. The van der Waals surface area contributed by atoms with Crippen LogP contribution in [0.5, 0.6) is 0 Å². The van der Waals surface area contributed by atoms with Crippen LogP contribution < -0.4 is 5.48 Å². The molecule has 1 aromatic rings. The number of nitrogens with two attached hydrogens (primary N) is 1. The van der Waals surface area contributed by atoms with E-state index in [9.17, 15) is 28.0 Å². The lowest BCUT2D eigenvalue weighted by Crippen LogP contribution is -2.70. The Morgan fingerprint density at radius 2 is 1.78 bits per heavy atom. The maximum absolute atomic E-state index is 13.2. The van der Waals surface area contributed by atoms with E-state index in [0.29, 0.717) is 6.07 Å². The van der Waals surface area contributed by atoms with Crippen LogP contribution in [0.4, 0.5) is 18.9 Å². The molecule has 0 unspecified atom stereocenters. The van der Waals surface area contributed by atoms with Gasteiger partial charge < -0.3 is 20.2 Å². The molecular weight excluding hydrogens is 321 g/mol. The van der Waals surface area contributed by atoms with Crippen LogP contribution in [0, 0.1) is 5.21 Å². The first kappa shape index (κ1) is 18.8. The fourth-order valence-corrected chi connectivity index (χ4v) is 1.78. The van der Waals surface area contributed by atoms with Crippen LogP contribution in [-0.2, 0) is 25.2 Å². The number of nitrogens with zero attached hydrogens (tertiary/aromatic N) is 1. The molecular formula is C13H15F3N2O5. The topological polar surface area (TPSA) is 105 Å². The van der Waals surface area contributed by atoms with Crippen LogP contribution in [0.15, 0.2) is 12.3 Å². The summed E-state index contributed by atoms with van der Waals surface area (Å²) in [6.07, 6.45) is -4.08. The van der Waals surface area contributed by atoms with Crippen LogP contribution in [-0.4, -0.2) is 30.1 Å². The standard InChI is InChI=1S/C13H15F3N2O5/c1-3-22-11(19)9(12(20)23-4-2)10-8(13(14,15)16)5-7(18-21)6-17-10/h5-6,9H,3-4,18H2,1-2H3. The van der Waals surface area contributed by atoms with E-state index < -0.39 is 35.3 Å². The highest BCUT2D eigenvalue weighted by Gasteiger charge is 2.43. The van der Waals surface area contributed by atoms with Gasteiger partial charge in [0.2, 0.25) is 0 Å². The van der Waals surface area contributed by atoms with Crippen molar-refractivity contribution in [1.29, 1.82) is 0 Å². The third-order valence-electron chi connectivity index (χ3n) is 2.70. The quantitative estimate of drug-likeness (QED) is 0.472. The minimum atomic E-state index is -4.92. The first-order chi connectivity index (χ1) is 10.8. The largest absolute Gasteiger partial charge is 0.630 e. The maximum Gasteiger partial charge on any atom is 0.418 e. The number of rotatable bonds is 6. The number of pyridine rings is 1. The fraction of sp³-hybridized carbons (Fsp3) is 0.462. The van der Waals surface area contributed by atoms with Gasteiger partial charge in [-0.2, -0.15) is 13.2 Å². The number of ether oxygens (including phenoxy) is 2. The number of hydrogen-bond donors (Lipinski definition) is 1. The third kappa shape index (κ3) is 4.63. The van der Waals surface area contributed by atoms with E-state index >= 15 is 0 Å². The van der Waals surface area contributed by atoms with E-state index in [1.807, 2.05) is 0 Å². The summed E-state index contributed by atoms with van der Waals surface area (Å²) in [7, 11) is 0. The number of halogens is 3. The van der Waals surface area contributed by atoms with Crippen LogP contribution in [0.1, 0.15) is 31.0 Å². The van der Waals surface area contributed by atoms with Crippen LogP contribution in [0.25, 0.3) is 0 Å². The summed E-state index contributed by atoms with van der Waals surface area (Å²) in [4.78, 5) is 27.3. The van der Waals surface area contributed by atoms with E-state index in [4.69, 9.17) is 0 Å². The summed E-state index contributed by atoms with van der Waals surface area (Å²) in [6.45, 7) is 2.60. The second kappa shape index (κ2) is 7.88. The number of aromatic nitrogens is 1. The Morgan fingerprint density at radius 1 is 1.26 bits per heavy atom. The smallest absolute Gasteiger partial charge is 0.418 e. The van der Waals surface area contributed by atoms with Crippen molar-refractivity contribution >= 4 is 17.6 Å². The first-order valence-electron chi connectivity index (χ1n) is 6.61. The monoisotopic (exact) mass is 336 g/mol. The maximum atomic E-state index is 13.2. The molecule has 0 aliphatic heterocycles. The second-order valence-corrected chi connectivity index (χ2v) is 4.25. The van der Waals surface area contributed by atoms with Crippen molar-refractivity contribution in [1.82, 2.24) is 4.98 Å². The molecule has 0 aliphatic carbocycles. The van der Waals surface area contributed by atoms with E-state index in [0.717, 1.165) is 6.20 Å². The molecule has 1 heterocycles. The molecule has 0 bridgehead atoms. The summed E-state index contributed by atoms with van der Waals surface area (Å²) in [5.41, 5.74) is -2.39. The number of esters is 2. The van der Waals surface area contributed by atoms with Crippen molar-refractivity contribution in [3.63, 3.8) is 0 Å². The summed E-state index contributed by atoms with van der Waals surface area (Å²) >= 11 is 0. The van der Waals surface area contributed by atoms with Crippen molar-refractivity contribution in [3.05, 3.63) is 28.7 Å². The molecule has 7 nitrogen and oxygen atoms in total. The number of carbonyl (C=O) groups is 2. The van der Waals surface area contributed by atoms with Crippen molar-refractivity contribution in [3.8, 4) is 0 Å². The lowest BCUT2D eigenvalue weighted by Gasteiger charge is -2.18. The number of hydrogen-bond acceptors (Lipinski definition) is 6. The minimum Gasteiger partial charge on any atom is -0.630 e. The van der Waals surface area contributed by atoms with Gasteiger partial charge in [0.25, 0.3) is 0 Å². The fourth-order valence-electron chi connectivity index (χ4n) is 1.78. The Labute approximate surface area is 129 Å². The van der Waals surface area contributed by atoms with Gasteiger partial charge >= 0.3 is 18.1 Å². The van der Waals surface area contributed by atoms with Crippen LogP contribution in [0.3, 0.4) is 0 Å². The highest BCUT2D eigenvalue weighted by molar-refractivity contribution is 6.00. The van der Waals surface area contributed by atoms with E-state index in [-0.39, 0.29) is 24.4 Å². The van der Waals surface area contributed by atoms with Crippen molar-refractivity contribution in [2.24, 2.45) is 0 Å². The third-order valence-corrected chi connectivity index (χ3v) is 2.70. The highest BCUT2D eigenvalue weighted by atomic mass is 19.4. The molecule has 1 rings (SSSR count). The highest BCUT2D eigenvalue weighted by Crippen LogP contribution is 2.36. The summed E-state index contributed by atoms with van der Waals surface area (Å²) in [5.74, 6) is -4.39. The van der Waals surface area contributed by atoms with Crippen molar-refractivity contribution < 1.29 is 37.7 Å². The van der Waals surface area contributed by atoms with Gasteiger partial charge in [0, 0.05) is 6.07 Å². The lowest BCUT2D eigenvalue weighted by molar-refractivity contribution is -0.497. The zero-order valence-corrected chi connectivity index (χ0v) is 12.3. The van der Waals surface area contributed by atoms with Crippen molar-refractivity contribution in [2.45, 2.75) is 25.9 Å². The first-order valence-corrected chi connectivity index (χ1v) is 6.61. The van der Waals surface area contributed by atoms with Gasteiger partial charge in [-0.1, -0.05) is 0 Å². The molecule has 0 fully saturated rings. The van der Waals surface area contributed by atoms with Gasteiger partial charge in [0.1, 0.15) is 5.69 Å². The summed E-state index contributed by atoms with van der Waals surface area (Å²) < 4.78 is 48.8. The molecule has 2 N–H and O–H groups in total. The predicted octanol–water partition coefficient (Wildman–Crippen LogP) is 1.00. The molecule has 0 aliphatic rings.